The summed E-state index contributed by atoms with van der Waals surface area (Å²) in [5.74, 6) is 0.233. The van der Waals surface area contributed by atoms with Crippen molar-refractivity contribution in [2.75, 3.05) is 6.61 Å². The van der Waals surface area contributed by atoms with Gasteiger partial charge in [0, 0.05) is 23.5 Å². The summed E-state index contributed by atoms with van der Waals surface area (Å²) in [6.45, 7) is 5.92. The molecule has 178 valence electrons. The van der Waals surface area contributed by atoms with Gasteiger partial charge in [0.25, 0.3) is 5.91 Å². The van der Waals surface area contributed by atoms with E-state index >= 15 is 0 Å². The van der Waals surface area contributed by atoms with E-state index in [0.717, 1.165) is 21.2 Å². The molecule has 0 aliphatic carbocycles. The first-order chi connectivity index (χ1) is 16.3. The Balaban J connectivity index is 1.91. The Hall–Kier alpha value is -3.12. The summed E-state index contributed by atoms with van der Waals surface area (Å²) >= 11 is 3.46. The van der Waals surface area contributed by atoms with Gasteiger partial charge >= 0.3 is 0 Å². The van der Waals surface area contributed by atoms with Crippen molar-refractivity contribution in [1.29, 1.82) is 0 Å². The smallest absolute Gasteiger partial charge is 0.261 e. The number of nitrogens with zero attached hydrogens (tertiary/aromatic N) is 1. The molecule has 3 aromatic carbocycles. The molecular weight excluding hydrogens is 492 g/mol. The molecule has 0 aromatic heterocycles. The van der Waals surface area contributed by atoms with E-state index in [4.69, 9.17) is 4.74 Å². The number of hydrogen-bond acceptors (Lipinski definition) is 3. The molecule has 34 heavy (non-hydrogen) atoms. The zero-order valence-corrected chi connectivity index (χ0v) is 21.4. The molecule has 0 bridgehead atoms. The highest BCUT2D eigenvalue weighted by Gasteiger charge is 2.31. The second-order valence-electron chi connectivity index (χ2n) is 8.57. The van der Waals surface area contributed by atoms with Gasteiger partial charge in [0.1, 0.15) is 11.8 Å². The number of amides is 2. The average molecular weight is 523 g/mol. The quantitative estimate of drug-likeness (QED) is 0.393. The highest BCUT2D eigenvalue weighted by Crippen LogP contribution is 2.19. The van der Waals surface area contributed by atoms with Gasteiger partial charge in [0.2, 0.25) is 5.91 Å². The van der Waals surface area contributed by atoms with Crippen molar-refractivity contribution in [3.05, 3.63) is 100 Å². The lowest BCUT2D eigenvalue weighted by Gasteiger charge is -2.32. The van der Waals surface area contributed by atoms with Crippen LogP contribution in [0.15, 0.2) is 83.3 Å². The largest absolute Gasteiger partial charge is 0.484 e. The number of para-hydroxylation sites is 1. The SMILES string of the molecule is Cc1ccccc1OCC(=O)N(Cc1ccc(Br)cc1)[C@H](Cc1ccccc1)C(=O)NC(C)C. The fourth-order valence-electron chi connectivity index (χ4n) is 3.66. The van der Waals surface area contributed by atoms with Gasteiger partial charge in [-0.05, 0) is 55.7 Å². The topological polar surface area (TPSA) is 58.6 Å². The van der Waals surface area contributed by atoms with Crippen molar-refractivity contribution in [2.24, 2.45) is 0 Å². The Morgan fingerprint density at radius 1 is 0.912 bits per heavy atom. The molecule has 5 nitrogen and oxygen atoms in total. The van der Waals surface area contributed by atoms with Gasteiger partial charge < -0.3 is 15.0 Å². The Kier molecular flexibility index (Phi) is 9.28. The third kappa shape index (κ3) is 7.45. The molecule has 0 saturated carbocycles. The van der Waals surface area contributed by atoms with Gasteiger partial charge in [0.05, 0.1) is 0 Å². The Morgan fingerprint density at radius 3 is 2.21 bits per heavy atom. The number of ether oxygens (including phenoxy) is 1. The van der Waals surface area contributed by atoms with Gasteiger partial charge in [-0.25, -0.2) is 0 Å². The minimum Gasteiger partial charge on any atom is -0.484 e. The molecule has 2 amide bonds. The maximum atomic E-state index is 13.5. The van der Waals surface area contributed by atoms with Crippen molar-refractivity contribution in [3.63, 3.8) is 0 Å². The lowest BCUT2D eigenvalue weighted by atomic mass is 10.0. The number of aryl methyl sites for hydroxylation is 1. The second-order valence-corrected chi connectivity index (χ2v) is 9.49. The fourth-order valence-corrected chi connectivity index (χ4v) is 3.93. The summed E-state index contributed by atoms with van der Waals surface area (Å²) < 4.78 is 6.82. The van der Waals surface area contributed by atoms with E-state index in [2.05, 4.69) is 21.2 Å². The molecule has 3 rings (SSSR count). The summed E-state index contributed by atoms with van der Waals surface area (Å²) in [5, 5.41) is 3.00. The molecule has 1 atom stereocenters. The van der Waals surface area contributed by atoms with Crippen LogP contribution in [-0.4, -0.2) is 35.4 Å². The van der Waals surface area contributed by atoms with Crippen molar-refractivity contribution in [2.45, 2.75) is 45.8 Å². The number of hydrogen-bond donors (Lipinski definition) is 1. The van der Waals surface area contributed by atoms with E-state index < -0.39 is 6.04 Å². The van der Waals surface area contributed by atoms with E-state index in [9.17, 15) is 9.59 Å². The lowest BCUT2D eigenvalue weighted by Crippen LogP contribution is -2.52. The molecular formula is C28H31BrN2O3. The predicted octanol–water partition coefficient (Wildman–Crippen LogP) is 5.30. The van der Waals surface area contributed by atoms with E-state index in [-0.39, 0.29) is 24.5 Å². The summed E-state index contributed by atoms with van der Waals surface area (Å²) in [5.41, 5.74) is 2.87. The molecule has 1 N–H and O–H groups in total. The van der Waals surface area contributed by atoms with Crippen LogP contribution in [0.1, 0.15) is 30.5 Å². The van der Waals surface area contributed by atoms with Crippen LogP contribution in [0.4, 0.5) is 0 Å². The number of carbonyl (C=O) groups excluding carboxylic acids is 2. The molecule has 0 saturated heterocycles. The van der Waals surface area contributed by atoms with E-state index in [0.29, 0.717) is 18.7 Å². The number of benzene rings is 3. The number of halogens is 1. The number of carbonyl (C=O) groups is 2. The van der Waals surface area contributed by atoms with Crippen molar-refractivity contribution in [1.82, 2.24) is 10.2 Å². The third-order valence-corrected chi connectivity index (χ3v) is 5.94. The van der Waals surface area contributed by atoms with E-state index in [1.54, 1.807) is 4.90 Å². The minimum absolute atomic E-state index is 0.0429. The lowest BCUT2D eigenvalue weighted by molar-refractivity contribution is -0.143. The zero-order valence-electron chi connectivity index (χ0n) is 19.8. The monoisotopic (exact) mass is 522 g/mol. The van der Waals surface area contributed by atoms with Crippen LogP contribution in [0, 0.1) is 6.92 Å². The first-order valence-electron chi connectivity index (χ1n) is 11.4. The minimum atomic E-state index is -0.679. The maximum Gasteiger partial charge on any atom is 0.261 e. The van der Waals surface area contributed by atoms with Gasteiger partial charge in [0.15, 0.2) is 6.61 Å². The first kappa shape index (κ1) is 25.5. The summed E-state index contributed by atoms with van der Waals surface area (Å²) in [4.78, 5) is 28.5. The van der Waals surface area contributed by atoms with Gasteiger partial charge in [-0.2, -0.15) is 0 Å². The third-order valence-electron chi connectivity index (χ3n) is 5.41. The highest BCUT2D eigenvalue weighted by molar-refractivity contribution is 9.10. The molecule has 0 aliphatic rings. The Bertz CT molecular complexity index is 1080. The van der Waals surface area contributed by atoms with Gasteiger partial charge in [-0.1, -0.05) is 76.6 Å². The molecule has 0 unspecified atom stereocenters. The molecule has 0 spiro atoms. The van der Waals surface area contributed by atoms with E-state index in [1.807, 2.05) is 99.6 Å². The van der Waals surface area contributed by atoms with E-state index in [1.165, 1.54) is 0 Å². The van der Waals surface area contributed by atoms with Crippen molar-refractivity contribution >= 4 is 27.7 Å². The molecule has 0 radical (unpaired) electrons. The normalized spacial score (nSPS) is 11.7. The Labute approximate surface area is 210 Å². The predicted molar refractivity (Wildman–Crippen MR) is 139 cm³/mol. The van der Waals surface area contributed by atoms with Gasteiger partial charge in [-0.3, -0.25) is 9.59 Å². The maximum absolute atomic E-state index is 13.5. The molecule has 0 fully saturated rings. The van der Waals surface area contributed by atoms with Crippen molar-refractivity contribution < 1.29 is 14.3 Å². The molecule has 0 heterocycles. The van der Waals surface area contributed by atoms with Crippen molar-refractivity contribution in [3.8, 4) is 5.75 Å². The molecule has 0 aliphatic heterocycles. The van der Waals surface area contributed by atoms with Crippen LogP contribution in [0.2, 0.25) is 0 Å². The van der Waals surface area contributed by atoms with Crippen LogP contribution in [0.3, 0.4) is 0 Å². The van der Waals surface area contributed by atoms with Crippen LogP contribution in [0.5, 0.6) is 5.75 Å². The van der Waals surface area contributed by atoms with Crippen LogP contribution in [-0.2, 0) is 22.6 Å². The van der Waals surface area contributed by atoms with Gasteiger partial charge in [-0.15, -0.1) is 0 Å². The summed E-state index contributed by atoms with van der Waals surface area (Å²) in [6, 6.07) is 24.4. The number of rotatable bonds is 10. The standard InChI is InChI=1S/C28H31BrN2O3/c1-20(2)30-28(33)25(17-22-10-5-4-6-11-22)31(18-23-13-15-24(29)16-14-23)27(32)19-34-26-12-8-7-9-21(26)3/h4-16,20,25H,17-19H2,1-3H3,(H,30,33)/t25-/m1/s1. The summed E-state index contributed by atoms with van der Waals surface area (Å²) in [7, 11) is 0. The highest BCUT2D eigenvalue weighted by atomic mass is 79.9. The molecule has 6 heteroatoms. The number of nitrogens with one attached hydrogen (secondary N) is 1. The van der Waals surface area contributed by atoms with Crippen LogP contribution < -0.4 is 10.1 Å². The van der Waals surface area contributed by atoms with Crippen LogP contribution in [0.25, 0.3) is 0 Å². The summed E-state index contributed by atoms with van der Waals surface area (Å²) in [6.07, 6.45) is 0.409. The molecule has 3 aromatic rings. The second kappa shape index (κ2) is 12.4. The average Bonchev–Trinajstić information content (AvgIpc) is 2.82. The first-order valence-corrected chi connectivity index (χ1v) is 12.2. The zero-order chi connectivity index (χ0) is 24.5. The van der Waals surface area contributed by atoms with Crippen LogP contribution >= 0.6 is 15.9 Å². The Morgan fingerprint density at radius 2 is 1.56 bits per heavy atom. The fraction of sp³-hybridized carbons (Fsp3) is 0.286.